The summed E-state index contributed by atoms with van der Waals surface area (Å²) in [5, 5.41) is 12.3. The molecule has 2 aliphatic rings. The zero-order valence-corrected chi connectivity index (χ0v) is 17.4. The number of piperidine rings is 1. The normalized spacial score (nSPS) is 21.5. The molecule has 1 aromatic carbocycles. The maximum atomic E-state index is 6.20. The largest absolute Gasteiger partial charge is 0.367 e. The molecule has 2 N–H and O–H groups in total. The molecular formula is C21H29ClN6. The highest BCUT2D eigenvalue weighted by Crippen LogP contribution is 2.48. The number of hydrogen-bond acceptors (Lipinski definition) is 3. The number of aliphatic imine (C=N–C) groups is 1. The van der Waals surface area contributed by atoms with E-state index >= 15 is 0 Å². The lowest BCUT2D eigenvalue weighted by atomic mass is 9.96. The smallest absolute Gasteiger partial charge is 0.191 e. The average molecular weight is 401 g/mol. The molecule has 2 heterocycles. The van der Waals surface area contributed by atoms with E-state index in [1.807, 2.05) is 37.1 Å². The first-order chi connectivity index (χ1) is 13.6. The van der Waals surface area contributed by atoms with Crippen LogP contribution in [0, 0.1) is 0 Å². The van der Waals surface area contributed by atoms with Crippen molar-refractivity contribution >= 4 is 23.2 Å². The van der Waals surface area contributed by atoms with Crippen molar-refractivity contribution in [3.05, 3.63) is 47.2 Å². The summed E-state index contributed by atoms with van der Waals surface area (Å²) in [6, 6.07) is 8.64. The van der Waals surface area contributed by atoms with Gasteiger partial charge >= 0.3 is 0 Å². The minimum absolute atomic E-state index is 0.191. The van der Waals surface area contributed by atoms with Gasteiger partial charge in [-0.15, -0.1) is 0 Å². The van der Waals surface area contributed by atoms with Gasteiger partial charge in [0, 0.05) is 56.4 Å². The Morgan fingerprint density at radius 3 is 2.93 bits per heavy atom. The van der Waals surface area contributed by atoms with E-state index in [9.17, 15) is 0 Å². The SMILES string of the molecule is CN=C(NCC1(c2cccc(Cl)c2)CC1)NC1CCCN(c2cnn(C)c2)C1. The minimum Gasteiger partial charge on any atom is -0.367 e. The lowest BCUT2D eigenvalue weighted by molar-refractivity contribution is 0.466. The molecule has 28 heavy (non-hydrogen) atoms. The Bertz CT molecular complexity index is 841. The summed E-state index contributed by atoms with van der Waals surface area (Å²) in [5.74, 6) is 0.881. The van der Waals surface area contributed by atoms with E-state index in [0.717, 1.165) is 43.5 Å². The van der Waals surface area contributed by atoms with E-state index < -0.39 is 0 Å². The summed E-state index contributed by atoms with van der Waals surface area (Å²) >= 11 is 6.20. The van der Waals surface area contributed by atoms with Crippen molar-refractivity contribution in [2.75, 3.05) is 31.6 Å². The fourth-order valence-electron chi connectivity index (χ4n) is 4.08. The van der Waals surface area contributed by atoms with Crippen LogP contribution in [-0.4, -0.2) is 48.5 Å². The molecule has 0 radical (unpaired) electrons. The van der Waals surface area contributed by atoms with Gasteiger partial charge in [0.1, 0.15) is 0 Å². The van der Waals surface area contributed by atoms with Crippen molar-refractivity contribution in [1.82, 2.24) is 20.4 Å². The van der Waals surface area contributed by atoms with Crippen molar-refractivity contribution in [3.63, 3.8) is 0 Å². The average Bonchev–Trinajstić information content (AvgIpc) is 3.38. The number of benzene rings is 1. The number of aromatic nitrogens is 2. The monoisotopic (exact) mass is 400 g/mol. The molecule has 0 spiro atoms. The molecule has 150 valence electrons. The first-order valence-corrected chi connectivity index (χ1v) is 10.4. The molecule has 1 aromatic heterocycles. The van der Waals surface area contributed by atoms with E-state index in [-0.39, 0.29) is 5.41 Å². The maximum Gasteiger partial charge on any atom is 0.191 e. The molecule has 1 saturated heterocycles. The summed E-state index contributed by atoms with van der Waals surface area (Å²) in [4.78, 5) is 6.86. The Morgan fingerprint density at radius 1 is 1.39 bits per heavy atom. The highest BCUT2D eigenvalue weighted by atomic mass is 35.5. The second-order valence-corrected chi connectivity index (χ2v) is 8.45. The standard InChI is InChI=1S/C21H29ClN6/c1-23-20(24-15-21(8-9-21)16-5-3-6-17(22)11-16)26-18-7-4-10-28(13-18)19-12-25-27(2)14-19/h3,5-6,11-12,14,18H,4,7-10,13,15H2,1-2H3,(H2,23,24,26). The van der Waals surface area contributed by atoms with Gasteiger partial charge in [0.25, 0.3) is 0 Å². The summed E-state index contributed by atoms with van der Waals surface area (Å²) in [6.45, 7) is 2.92. The van der Waals surface area contributed by atoms with Gasteiger partial charge in [0.15, 0.2) is 5.96 Å². The molecule has 2 aromatic rings. The Labute approximate surface area is 172 Å². The van der Waals surface area contributed by atoms with Crippen molar-refractivity contribution in [2.24, 2.45) is 12.0 Å². The molecule has 1 saturated carbocycles. The highest BCUT2D eigenvalue weighted by molar-refractivity contribution is 6.30. The van der Waals surface area contributed by atoms with Crippen LogP contribution in [0.15, 0.2) is 41.7 Å². The zero-order valence-electron chi connectivity index (χ0n) is 16.7. The molecule has 1 aliphatic carbocycles. The molecule has 6 nitrogen and oxygen atoms in total. The van der Waals surface area contributed by atoms with Gasteiger partial charge < -0.3 is 15.5 Å². The van der Waals surface area contributed by atoms with E-state index in [0.29, 0.717) is 6.04 Å². The van der Waals surface area contributed by atoms with Crippen molar-refractivity contribution < 1.29 is 0 Å². The van der Waals surface area contributed by atoms with Crippen molar-refractivity contribution in [1.29, 1.82) is 0 Å². The van der Waals surface area contributed by atoms with Crippen LogP contribution >= 0.6 is 11.6 Å². The third-order valence-corrected chi connectivity index (χ3v) is 6.16. The summed E-state index contributed by atoms with van der Waals surface area (Å²) in [7, 11) is 3.80. The van der Waals surface area contributed by atoms with Gasteiger partial charge in [0.05, 0.1) is 11.9 Å². The van der Waals surface area contributed by atoms with Crippen LogP contribution < -0.4 is 15.5 Å². The number of nitrogens with zero attached hydrogens (tertiary/aromatic N) is 4. The van der Waals surface area contributed by atoms with Gasteiger partial charge in [-0.2, -0.15) is 5.10 Å². The topological polar surface area (TPSA) is 57.5 Å². The predicted molar refractivity (Wildman–Crippen MR) is 115 cm³/mol. The van der Waals surface area contributed by atoms with E-state index in [4.69, 9.17) is 11.6 Å². The zero-order chi connectivity index (χ0) is 19.6. The molecule has 7 heteroatoms. The molecule has 2 fully saturated rings. The van der Waals surface area contributed by atoms with Crippen molar-refractivity contribution in [2.45, 2.75) is 37.1 Å². The number of anilines is 1. The van der Waals surface area contributed by atoms with Gasteiger partial charge in [-0.05, 0) is 43.4 Å². The second-order valence-electron chi connectivity index (χ2n) is 8.02. The van der Waals surface area contributed by atoms with Crippen LogP contribution in [-0.2, 0) is 12.5 Å². The number of guanidine groups is 1. The summed E-state index contributed by atoms with van der Waals surface area (Å²) < 4.78 is 1.86. The van der Waals surface area contributed by atoms with Crippen LogP contribution in [0.1, 0.15) is 31.2 Å². The highest BCUT2D eigenvalue weighted by Gasteiger charge is 2.44. The lowest BCUT2D eigenvalue weighted by Gasteiger charge is -2.34. The molecule has 0 bridgehead atoms. The fraction of sp³-hybridized carbons (Fsp3) is 0.524. The van der Waals surface area contributed by atoms with Gasteiger partial charge in [-0.1, -0.05) is 23.7 Å². The molecule has 4 rings (SSSR count). The second kappa shape index (κ2) is 8.03. The Kier molecular flexibility index (Phi) is 5.49. The van der Waals surface area contributed by atoms with Gasteiger partial charge in [0.2, 0.25) is 0 Å². The Morgan fingerprint density at radius 2 is 2.25 bits per heavy atom. The molecule has 1 unspecified atom stereocenters. The number of rotatable bonds is 5. The Balaban J connectivity index is 1.33. The van der Waals surface area contributed by atoms with Gasteiger partial charge in [-0.3, -0.25) is 9.67 Å². The number of nitrogens with one attached hydrogen (secondary N) is 2. The number of aryl methyl sites for hydroxylation is 1. The number of halogens is 1. The van der Waals surface area contributed by atoms with Crippen LogP contribution in [0.25, 0.3) is 0 Å². The quantitative estimate of drug-likeness (QED) is 0.598. The third-order valence-electron chi connectivity index (χ3n) is 5.93. The van der Waals surface area contributed by atoms with Gasteiger partial charge in [-0.25, -0.2) is 0 Å². The summed E-state index contributed by atoms with van der Waals surface area (Å²) in [6.07, 6.45) is 8.71. The van der Waals surface area contributed by atoms with Crippen LogP contribution in [0.2, 0.25) is 5.02 Å². The van der Waals surface area contributed by atoms with Crippen LogP contribution in [0.3, 0.4) is 0 Å². The first kappa shape index (κ1) is 19.1. The predicted octanol–water partition coefficient (Wildman–Crippen LogP) is 2.94. The van der Waals surface area contributed by atoms with Crippen LogP contribution in [0.5, 0.6) is 0 Å². The first-order valence-electron chi connectivity index (χ1n) is 10.0. The van der Waals surface area contributed by atoms with E-state index in [1.165, 1.54) is 24.1 Å². The summed E-state index contributed by atoms with van der Waals surface area (Å²) in [5.41, 5.74) is 2.70. The van der Waals surface area contributed by atoms with E-state index in [2.05, 4.69) is 44.0 Å². The Hall–Kier alpha value is -2.21. The molecule has 0 amide bonds. The minimum atomic E-state index is 0.191. The van der Waals surface area contributed by atoms with E-state index in [1.54, 1.807) is 0 Å². The maximum absolute atomic E-state index is 6.20. The van der Waals surface area contributed by atoms with Crippen LogP contribution in [0.4, 0.5) is 5.69 Å². The fourth-order valence-corrected chi connectivity index (χ4v) is 4.27. The third kappa shape index (κ3) is 4.27. The molecular weight excluding hydrogens is 372 g/mol. The molecule has 1 atom stereocenters. The lowest BCUT2D eigenvalue weighted by Crippen LogP contribution is -2.52. The molecule has 1 aliphatic heterocycles. The number of hydrogen-bond donors (Lipinski definition) is 2. The van der Waals surface area contributed by atoms with Crippen molar-refractivity contribution in [3.8, 4) is 0 Å².